The third kappa shape index (κ3) is 4.56. The maximum absolute atomic E-state index is 13.9. The predicted molar refractivity (Wildman–Crippen MR) is 96.6 cm³/mol. The van der Waals surface area contributed by atoms with Crippen LogP contribution in [0.3, 0.4) is 0 Å². The van der Waals surface area contributed by atoms with Gasteiger partial charge in [-0.15, -0.1) is 0 Å². The van der Waals surface area contributed by atoms with Crippen molar-refractivity contribution in [3.63, 3.8) is 0 Å². The minimum Gasteiger partial charge on any atom is -0.324 e. The van der Waals surface area contributed by atoms with Crippen LogP contribution < -0.4 is 5.32 Å². The van der Waals surface area contributed by atoms with E-state index in [1.54, 1.807) is 18.2 Å². The number of benzene rings is 2. The monoisotopic (exact) mass is 377 g/mol. The number of carbonyl (C=O) groups excluding carboxylic acids is 1. The molecular formula is C18H17ClFN3O3. The molecule has 2 aromatic rings. The van der Waals surface area contributed by atoms with E-state index >= 15 is 0 Å². The summed E-state index contributed by atoms with van der Waals surface area (Å²) in [5.74, 6) is -0.596. The van der Waals surface area contributed by atoms with Gasteiger partial charge in [0.15, 0.2) is 0 Å². The van der Waals surface area contributed by atoms with E-state index in [4.69, 9.17) is 11.6 Å². The fourth-order valence-electron chi connectivity index (χ4n) is 2.69. The summed E-state index contributed by atoms with van der Waals surface area (Å²) in [6, 6.07) is 10.6. The molecule has 1 N–H and O–H groups in total. The number of nitro benzene ring substituents is 1. The highest BCUT2D eigenvalue weighted by molar-refractivity contribution is 6.34. The third-order valence-electron chi connectivity index (χ3n) is 4.18. The van der Waals surface area contributed by atoms with Gasteiger partial charge in [0.05, 0.1) is 22.2 Å². The Bertz CT molecular complexity index is 842. The highest BCUT2D eigenvalue weighted by Crippen LogP contribution is 2.29. The highest BCUT2D eigenvalue weighted by Gasteiger charge is 2.31. The maximum atomic E-state index is 13.9. The van der Waals surface area contributed by atoms with Crippen molar-refractivity contribution >= 4 is 28.9 Å². The van der Waals surface area contributed by atoms with Crippen molar-refractivity contribution in [3.8, 4) is 0 Å². The summed E-state index contributed by atoms with van der Waals surface area (Å²) in [4.78, 5) is 24.5. The molecule has 2 aromatic carbocycles. The third-order valence-corrected chi connectivity index (χ3v) is 4.49. The van der Waals surface area contributed by atoms with E-state index in [2.05, 4.69) is 5.32 Å². The zero-order chi connectivity index (χ0) is 18.7. The molecule has 8 heteroatoms. The van der Waals surface area contributed by atoms with Gasteiger partial charge in [-0.2, -0.15) is 0 Å². The van der Waals surface area contributed by atoms with Gasteiger partial charge in [0.1, 0.15) is 5.82 Å². The highest BCUT2D eigenvalue weighted by atomic mass is 35.5. The summed E-state index contributed by atoms with van der Waals surface area (Å²) in [6.45, 7) is 0.436. The first-order valence-corrected chi connectivity index (χ1v) is 8.53. The number of carbonyl (C=O) groups is 1. The molecule has 1 saturated carbocycles. The number of rotatable bonds is 7. The van der Waals surface area contributed by atoms with E-state index in [1.165, 1.54) is 24.3 Å². The summed E-state index contributed by atoms with van der Waals surface area (Å²) in [5.41, 5.74) is 0.705. The fourth-order valence-corrected chi connectivity index (χ4v) is 2.91. The molecule has 136 valence electrons. The van der Waals surface area contributed by atoms with Crippen LogP contribution in [0.25, 0.3) is 0 Å². The molecule has 1 amide bonds. The van der Waals surface area contributed by atoms with Crippen molar-refractivity contribution in [2.75, 3.05) is 11.9 Å². The van der Waals surface area contributed by atoms with Crippen molar-refractivity contribution in [1.82, 2.24) is 4.90 Å². The molecule has 0 heterocycles. The van der Waals surface area contributed by atoms with Crippen molar-refractivity contribution in [1.29, 1.82) is 0 Å². The molecule has 6 nitrogen and oxygen atoms in total. The smallest absolute Gasteiger partial charge is 0.271 e. The number of nitrogens with zero attached hydrogens (tertiary/aromatic N) is 2. The number of nitrogens with one attached hydrogen (secondary N) is 1. The van der Waals surface area contributed by atoms with E-state index in [0.717, 1.165) is 12.8 Å². The summed E-state index contributed by atoms with van der Waals surface area (Å²) in [7, 11) is 0. The average Bonchev–Trinajstić information content (AvgIpc) is 3.43. The molecule has 0 aliphatic heterocycles. The van der Waals surface area contributed by atoms with Crippen molar-refractivity contribution in [2.24, 2.45) is 0 Å². The first kappa shape index (κ1) is 18.3. The minimum absolute atomic E-state index is 0.0896. The van der Waals surface area contributed by atoms with Gasteiger partial charge in [-0.3, -0.25) is 19.8 Å². The van der Waals surface area contributed by atoms with Crippen molar-refractivity contribution in [2.45, 2.75) is 25.4 Å². The Morgan fingerprint density at radius 2 is 2.04 bits per heavy atom. The Balaban J connectivity index is 1.65. The summed E-state index contributed by atoms with van der Waals surface area (Å²) in [5, 5.41) is 13.5. The van der Waals surface area contributed by atoms with Crippen molar-refractivity contribution < 1.29 is 14.1 Å². The van der Waals surface area contributed by atoms with Gasteiger partial charge < -0.3 is 5.32 Å². The normalized spacial score (nSPS) is 13.7. The second-order valence-electron chi connectivity index (χ2n) is 6.20. The average molecular weight is 378 g/mol. The fraction of sp³-hybridized carbons (Fsp3) is 0.278. The number of amides is 1. The Morgan fingerprint density at radius 1 is 1.31 bits per heavy atom. The van der Waals surface area contributed by atoms with Crippen LogP contribution in [0.5, 0.6) is 0 Å². The number of anilines is 1. The van der Waals surface area contributed by atoms with Gasteiger partial charge in [0.2, 0.25) is 5.91 Å². The maximum Gasteiger partial charge on any atom is 0.271 e. The Morgan fingerprint density at radius 3 is 2.65 bits per heavy atom. The molecule has 0 atom stereocenters. The van der Waals surface area contributed by atoms with Crippen molar-refractivity contribution in [3.05, 3.63) is 69.0 Å². The van der Waals surface area contributed by atoms with Crippen LogP contribution >= 0.6 is 11.6 Å². The van der Waals surface area contributed by atoms with E-state index < -0.39 is 4.92 Å². The van der Waals surface area contributed by atoms with Gasteiger partial charge in [0.25, 0.3) is 5.69 Å². The number of hydrogen-bond acceptors (Lipinski definition) is 4. The minimum atomic E-state index is -0.555. The molecule has 0 radical (unpaired) electrons. The van der Waals surface area contributed by atoms with E-state index in [0.29, 0.717) is 17.8 Å². The number of non-ortho nitro benzene ring substituents is 1. The zero-order valence-corrected chi connectivity index (χ0v) is 14.6. The molecule has 0 unspecified atom stereocenters. The summed E-state index contributed by atoms with van der Waals surface area (Å²) < 4.78 is 13.9. The molecule has 26 heavy (non-hydrogen) atoms. The van der Waals surface area contributed by atoms with Crippen LogP contribution in [0.15, 0.2) is 42.5 Å². The van der Waals surface area contributed by atoms with E-state index in [-0.39, 0.29) is 35.0 Å². The van der Waals surface area contributed by atoms with Crippen LogP contribution in [0.1, 0.15) is 18.4 Å². The van der Waals surface area contributed by atoms with Crippen LogP contribution in [-0.4, -0.2) is 28.3 Å². The van der Waals surface area contributed by atoms with Gasteiger partial charge in [0, 0.05) is 30.3 Å². The Kier molecular flexibility index (Phi) is 5.49. The molecule has 0 saturated heterocycles. The lowest BCUT2D eigenvalue weighted by molar-refractivity contribution is -0.384. The molecule has 0 bridgehead atoms. The van der Waals surface area contributed by atoms with Crippen LogP contribution in [0.4, 0.5) is 15.8 Å². The van der Waals surface area contributed by atoms with Crippen LogP contribution in [-0.2, 0) is 11.3 Å². The van der Waals surface area contributed by atoms with Gasteiger partial charge in [-0.05, 0) is 25.0 Å². The van der Waals surface area contributed by atoms with Gasteiger partial charge >= 0.3 is 0 Å². The first-order valence-electron chi connectivity index (χ1n) is 8.15. The van der Waals surface area contributed by atoms with Crippen LogP contribution in [0, 0.1) is 15.9 Å². The zero-order valence-electron chi connectivity index (χ0n) is 13.8. The first-order chi connectivity index (χ1) is 12.4. The molecular weight excluding hydrogens is 361 g/mol. The number of halogens is 2. The van der Waals surface area contributed by atoms with Gasteiger partial charge in [-0.25, -0.2) is 4.39 Å². The largest absolute Gasteiger partial charge is 0.324 e. The number of nitro groups is 1. The van der Waals surface area contributed by atoms with E-state index in [1.807, 2.05) is 4.90 Å². The molecule has 1 aliphatic carbocycles. The lowest BCUT2D eigenvalue weighted by atomic mass is 10.2. The topological polar surface area (TPSA) is 75.5 Å². The second kappa shape index (κ2) is 7.80. The molecule has 0 aromatic heterocycles. The molecule has 1 aliphatic rings. The quantitative estimate of drug-likeness (QED) is 0.584. The number of hydrogen-bond donors (Lipinski definition) is 1. The molecule has 3 rings (SSSR count). The Labute approximate surface area is 154 Å². The standard InChI is InChI=1S/C18H17ClFN3O3/c19-15-9-14(23(25)26)7-8-17(15)21-18(24)11-22(13-5-6-13)10-12-3-1-2-4-16(12)20/h1-4,7-9,13H,5-6,10-11H2,(H,21,24). The summed E-state index contributed by atoms with van der Waals surface area (Å²) in [6.07, 6.45) is 1.94. The van der Waals surface area contributed by atoms with Crippen LogP contribution in [0.2, 0.25) is 5.02 Å². The lowest BCUT2D eigenvalue weighted by Crippen LogP contribution is -2.34. The second-order valence-corrected chi connectivity index (χ2v) is 6.60. The molecule has 0 spiro atoms. The SMILES string of the molecule is O=C(CN(Cc1ccccc1F)C1CC1)Nc1ccc([N+](=O)[O-])cc1Cl. The van der Waals surface area contributed by atoms with E-state index in [9.17, 15) is 19.3 Å². The summed E-state index contributed by atoms with van der Waals surface area (Å²) >= 11 is 6.00. The lowest BCUT2D eigenvalue weighted by Gasteiger charge is -2.22. The predicted octanol–water partition coefficient (Wildman–Crippen LogP) is 3.99. The molecule has 1 fully saturated rings. The van der Waals surface area contributed by atoms with Gasteiger partial charge in [-0.1, -0.05) is 29.8 Å². The Hall–Kier alpha value is -2.51.